The summed E-state index contributed by atoms with van der Waals surface area (Å²) in [6.07, 6.45) is 5.69. The van der Waals surface area contributed by atoms with E-state index in [1.807, 2.05) is 6.07 Å². The van der Waals surface area contributed by atoms with Gasteiger partial charge in [0.25, 0.3) is 5.91 Å². The summed E-state index contributed by atoms with van der Waals surface area (Å²) >= 11 is 0. The number of piperidine rings is 1. The van der Waals surface area contributed by atoms with Crippen LogP contribution in [0.3, 0.4) is 0 Å². The van der Waals surface area contributed by atoms with Crippen LogP contribution < -0.4 is 11.1 Å². The summed E-state index contributed by atoms with van der Waals surface area (Å²) in [5, 5.41) is 3.26. The monoisotopic (exact) mass is 570 g/mol. The number of carbonyl (C=O) groups is 2. The molecule has 1 aliphatic heterocycles. The van der Waals surface area contributed by atoms with Crippen molar-refractivity contribution in [2.45, 2.75) is 82.6 Å². The number of benzene rings is 3. The van der Waals surface area contributed by atoms with Crippen molar-refractivity contribution in [2.75, 3.05) is 13.1 Å². The molecule has 5 rings (SSSR count). The van der Waals surface area contributed by atoms with Crippen LogP contribution in [-0.2, 0) is 17.8 Å². The van der Waals surface area contributed by atoms with Crippen LogP contribution >= 0.6 is 0 Å². The molecule has 3 N–H and O–H groups in total. The van der Waals surface area contributed by atoms with E-state index in [4.69, 9.17) is 5.73 Å². The lowest BCUT2D eigenvalue weighted by atomic mass is 9.90. The van der Waals surface area contributed by atoms with Gasteiger partial charge in [-0.3, -0.25) is 14.5 Å². The highest BCUT2D eigenvalue weighted by atomic mass is 19.1. The summed E-state index contributed by atoms with van der Waals surface area (Å²) in [5.74, 6) is -0.720. The Balaban J connectivity index is 1.37. The average Bonchev–Trinajstić information content (AvgIpc) is 3.01. The maximum atomic E-state index is 13.9. The maximum Gasteiger partial charge on any atom is 0.254 e. The second-order valence-electron chi connectivity index (χ2n) is 12.0. The Hall–Kier alpha value is -3.55. The maximum absolute atomic E-state index is 13.9. The highest BCUT2D eigenvalue weighted by Gasteiger charge is 2.39. The van der Waals surface area contributed by atoms with Gasteiger partial charge in [0, 0.05) is 43.3 Å². The predicted octanol–water partition coefficient (Wildman–Crippen LogP) is 5.24. The third-order valence-corrected chi connectivity index (χ3v) is 8.90. The van der Waals surface area contributed by atoms with E-state index in [-0.39, 0.29) is 35.8 Å². The predicted molar refractivity (Wildman–Crippen MR) is 164 cm³/mol. The van der Waals surface area contributed by atoms with E-state index in [1.165, 1.54) is 41.0 Å². The van der Waals surface area contributed by atoms with Crippen molar-refractivity contribution in [3.63, 3.8) is 0 Å². The summed E-state index contributed by atoms with van der Waals surface area (Å²) in [5.41, 5.74) is 10.2. The minimum absolute atomic E-state index is 0.0715. The number of amides is 2. The van der Waals surface area contributed by atoms with Crippen LogP contribution in [0, 0.1) is 12.7 Å². The van der Waals surface area contributed by atoms with Crippen LogP contribution in [0.15, 0.2) is 78.9 Å². The molecule has 1 saturated heterocycles. The van der Waals surface area contributed by atoms with E-state index in [0.717, 1.165) is 51.6 Å². The minimum atomic E-state index is -0.603. The standard InChI is InChI=1S/C35H43FN4O2/c1-25-7-9-27(10-8-25)24-39(21-19-26-5-3-2-4-6-26)32-20-22-40(35(42)28-11-13-29(36)14-12-28)33(23-32)34(41)38-31-17-15-30(37)16-18-31/h2-14,30-33H,15-24,37H2,1H3,(H,38,41)/t30?,31?,32?,33-/m1/s1. The molecule has 1 aliphatic carbocycles. The second kappa shape index (κ2) is 14.1. The summed E-state index contributed by atoms with van der Waals surface area (Å²) in [6, 6.07) is 24.5. The SMILES string of the molecule is Cc1ccc(CN(CCc2ccccc2)C2CCN(C(=O)c3ccc(F)cc3)[C@@H](C(=O)NC3CCC(N)CC3)C2)cc1. The molecule has 1 saturated carbocycles. The molecule has 1 heterocycles. The molecule has 0 aromatic heterocycles. The van der Waals surface area contributed by atoms with Crippen molar-refractivity contribution < 1.29 is 14.0 Å². The lowest BCUT2D eigenvalue weighted by Gasteiger charge is -2.43. The highest BCUT2D eigenvalue weighted by Crippen LogP contribution is 2.27. The molecule has 6 nitrogen and oxygen atoms in total. The Morgan fingerprint density at radius 1 is 0.905 bits per heavy atom. The third-order valence-electron chi connectivity index (χ3n) is 8.90. The normalized spacial score (nSPS) is 22.6. The molecule has 0 radical (unpaired) electrons. The Morgan fingerprint density at radius 2 is 1.60 bits per heavy atom. The van der Waals surface area contributed by atoms with Crippen molar-refractivity contribution >= 4 is 11.8 Å². The topological polar surface area (TPSA) is 78.7 Å². The van der Waals surface area contributed by atoms with Gasteiger partial charge in [-0.15, -0.1) is 0 Å². The third kappa shape index (κ3) is 7.84. The van der Waals surface area contributed by atoms with Crippen molar-refractivity contribution in [3.05, 3.63) is 107 Å². The fourth-order valence-corrected chi connectivity index (χ4v) is 6.33. The molecule has 2 fully saturated rings. The largest absolute Gasteiger partial charge is 0.352 e. The number of nitrogens with two attached hydrogens (primary N) is 1. The van der Waals surface area contributed by atoms with Gasteiger partial charge in [-0.1, -0.05) is 60.2 Å². The number of aryl methyl sites for hydroxylation is 1. The number of nitrogens with zero attached hydrogens (tertiary/aromatic N) is 2. The van der Waals surface area contributed by atoms with Crippen molar-refractivity contribution in [3.8, 4) is 0 Å². The van der Waals surface area contributed by atoms with E-state index in [1.54, 1.807) is 4.90 Å². The summed E-state index contributed by atoms with van der Waals surface area (Å²) in [7, 11) is 0. The van der Waals surface area contributed by atoms with E-state index in [0.29, 0.717) is 18.5 Å². The molecule has 2 amide bonds. The molecular formula is C35H43FN4O2. The smallest absolute Gasteiger partial charge is 0.254 e. The Morgan fingerprint density at radius 3 is 2.29 bits per heavy atom. The van der Waals surface area contributed by atoms with E-state index >= 15 is 0 Å². The Labute approximate surface area is 249 Å². The van der Waals surface area contributed by atoms with Crippen molar-refractivity contribution in [1.29, 1.82) is 0 Å². The first-order valence-electron chi connectivity index (χ1n) is 15.3. The summed E-state index contributed by atoms with van der Waals surface area (Å²) < 4.78 is 13.6. The fourth-order valence-electron chi connectivity index (χ4n) is 6.33. The quantitative estimate of drug-likeness (QED) is 0.369. The van der Waals surface area contributed by atoms with Crippen molar-refractivity contribution in [1.82, 2.24) is 15.1 Å². The zero-order chi connectivity index (χ0) is 29.5. The first kappa shape index (κ1) is 29.9. The van der Waals surface area contributed by atoms with Crippen LogP contribution in [0.1, 0.15) is 65.6 Å². The zero-order valence-electron chi connectivity index (χ0n) is 24.6. The molecule has 42 heavy (non-hydrogen) atoms. The summed E-state index contributed by atoms with van der Waals surface area (Å²) in [4.78, 5) is 31.7. The molecule has 222 valence electrons. The van der Waals surface area contributed by atoms with E-state index in [9.17, 15) is 14.0 Å². The van der Waals surface area contributed by atoms with Crippen LogP contribution in [0.5, 0.6) is 0 Å². The van der Waals surface area contributed by atoms with Gasteiger partial charge < -0.3 is 16.0 Å². The highest BCUT2D eigenvalue weighted by molar-refractivity contribution is 5.97. The molecule has 0 spiro atoms. The Kier molecular flexibility index (Phi) is 10.0. The van der Waals surface area contributed by atoms with Crippen LogP contribution in [0.2, 0.25) is 0 Å². The van der Waals surface area contributed by atoms with Gasteiger partial charge in [-0.2, -0.15) is 0 Å². The van der Waals surface area contributed by atoms with E-state index in [2.05, 4.69) is 65.7 Å². The first-order valence-corrected chi connectivity index (χ1v) is 15.3. The van der Waals surface area contributed by atoms with Gasteiger partial charge in [-0.05, 0) is 87.3 Å². The average molecular weight is 571 g/mol. The molecule has 3 aromatic rings. The fraction of sp³-hybridized carbons (Fsp3) is 0.429. The van der Waals surface area contributed by atoms with E-state index < -0.39 is 6.04 Å². The van der Waals surface area contributed by atoms with Gasteiger partial charge >= 0.3 is 0 Å². The molecule has 1 unspecified atom stereocenters. The van der Waals surface area contributed by atoms with Crippen LogP contribution in [0.4, 0.5) is 4.39 Å². The first-order chi connectivity index (χ1) is 20.4. The Bertz CT molecular complexity index is 1310. The lowest BCUT2D eigenvalue weighted by molar-refractivity contribution is -0.128. The van der Waals surface area contributed by atoms with Crippen LogP contribution in [0.25, 0.3) is 0 Å². The van der Waals surface area contributed by atoms with Gasteiger partial charge in [0.2, 0.25) is 5.91 Å². The molecule has 0 bridgehead atoms. The number of carbonyl (C=O) groups excluding carboxylic acids is 2. The van der Waals surface area contributed by atoms with Gasteiger partial charge in [0.05, 0.1) is 0 Å². The van der Waals surface area contributed by atoms with Gasteiger partial charge in [-0.25, -0.2) is 4.39 Å². The summed E-state index contributed by atoms with van der Waals surface area (Å²) in [6.45, 7) is 4.18. The number of rotatable bonds is 9. The van der Waals surface area contributed by atoms with Crippen molar-refractivity contribution in [2.24, 2.45) is 5.73 Å². The number of nitrogens with one attached hydrogen (secondary N) is 1. The lowest BCUT2D eigenvalue weighted by Crippen LogP contribution is -2.58. The number of likely N-dealkylation sites (tertiary alicyclic amines) is 1. The number of hydrogen-bond donors (Lipinski definition) is 2. The van der Waals surface area contributed by atoms with Gasteiger partial charge in [0.1, 0.15) is 11.9 Å². The molecule has 7 heteroatoms. The van der Waals surface area contributed by atoms with Gasteiger partial charge in [0.15, 0.2) is 0 Å². The molecule has 2 atom stereocenters. The zero-order valence-corrected chi connectivity index (χ0v) is 24.6. The molecular weight excluding hydrogens is 527 g/mol. The number of halogens is 1. The molecule has 3 aromatic carbocycles. The van der Waals surface area contributed by atoms with Crippen LogP contribution in [-0.4, -0.2) is 58.9 Å². The molecule has 2 aliphatic rings. The second-order valence-corrected chi connectivity index (χ2v) is 12.0. The number of hydrogen-bond acceptors (Lipinski definition) is 4. The minimum Gasteiger partial charge on any atom is -0.352 e.